The third-order valence-electron chi connectivity index (χ3n) is 6.54. The lowest BCUT2D eigenvalue weighted by Gasteiger charge is -2.48. The highest BCUT2D eigenvalue weighted by molar-refractivity contribution is 5.54. The molecule has 1 atom stereocenters. The minimum Gasteiger partial charge on any atom is -0.389 e. The van der Waals surface area contributed by atoms with E-state index in [9.17, 15) is 5.11 Å². The van der Waals surface area contributed by atoms with Crippen molar-refractivity contribution in [3.8, 4) is 0 Å². The third kappa shape index (κ3) is 4.13. The fourth-order valence-electron chi connectivity index (χ4n) is 5.03. The third-order valence-corrected chi connectivity index (χ3v) is 6.54. The summed E-state index contributed by atoms with van der Waals surface area (Å²) >= 11 is 0. The molecule has 1 aliphatic heterocycles. The molecule has 3 aromatic carbocycles. The maximum absolute atomic E-state index is 10.9. The van der Waals surface area contributed by atoms with Gasteiger partial charge in [-0.15, -0.1) is 0 Å². The first-order valence-corrected chi connectivity index (χ1v) is 11.5. The second-order valence-corrected chi connectivity index (χ2v) is 8.51. The molecule has 1 unspecified atom stereocenters. The van der Waals surface area contributed by atoms with Crippen LogP contribution in [0.2, 0.25) is 0 Å². The van der Waals surface area contributed by atoms with Crippen molar-refractivity contribution in [2.24, 2.45) is 0 Å². The van der Waals surface area contributed by atoms with Gasteiger partial charge < -0.3 is 5.11 Å². The Labute approximate surface area is 195 Å². The molecule has 0 spiro atoms. The van der Waals surface area contributed by atoms with Crippen LogP contribution >= 0.6 is 0 Å². The van der Waals surface area contributed by atoms with E-state index in [1.807, 2.05) is 24.3 Å². The number of aromatic nitrogens is 1. The summed E-state index contributed by atoms with van der Waals surface area (Å²) in [5.74, 6) is 0. The molecular weight excluding hydrogens is 404 g/mol. The van der Waals surface area contributed by atoms with Gasteiger partial charge in [0.15, 0.2) is 0 Å². The van der Waals surface area contributed by atoms with Crippen LogP contribution in [-0.2, 0) is 5.54 Å². The highest BCUT2D eigenvalue weighted by Crippen LogP contribution is 2.44. The molecule has 0 saturated carbocycles. The van der Waals surface area contributed by atoms with Crippen LogP contribution < -0.4 is 0 Å². The molecule has 1 aromatic heterocycles. The van der Waals surface area contributed by atoms with Gasteiger partial charge in [-0.25, -0.2) is 0 Å². The van der Waals surface area contributed by atoms with Gasteiger partial charge in [0.2, 0.25) is 0 Å². The SMILES string of the molecule is OC1CCN(C(c2ccccc2)(c2ccccc2)c2ccccc2)C/C1=C/c1ccccn1. The molecule has 1 N–H and O–H groups in total. The average molecular weight is 433 g/mol. The van der Waals surface area contributed by atoms with Crippen LogP contribution in [-0.4, -0.2) is 34.2 Å². The molecule has 1 saturated heterocycles. The second-order valence-electron chi connectivity index (χ2n) is 8.51. The summed E-state index contributed by atoms with van der Waals surface area (Å²) in [6.07, 6.45) is 4.04. The molecule has 1 aliphatic rings. The van der Waals surface area contributed by atoms with Crippen LogP contribution in [0.25, 0.3) is 6.08 Å². The summed E-state index contributed by atoms with van der Waals surface area (Å²) in [5.41, 5.74) is 5.04. The zero-order valence-corrected chi connectivity index (χ0v) is 18.6. The molecule has 0 radical (unpaired) electrons. The molecule has 4 aromatic rings. The van der Waals surface area contributed by atoms with E-state index in [0.717, 1.165) is 17.8 Å². The van der Waals surface area contributed by atoms with Gasteiger partial charge >= 0.3 is 0 Å². The molecule has 0 amide bonds. The Hall–Kier alpha value is -3.53. The largest absolute Gasteiger partial charge is 0.389 e. The summed E-state index contributed by atoms with van der Waals surface area (Å²) in [5, 5.41) is 10.9. The first-order valence-electron chi connectivity index (χ1n) is 11.5. The van der Waals surface area contributed by atoms with Gasteiger partial charge in [0.25, 0.3) is 0 Å². The first-order chi connectivity index (χ1) is 16.3. The van der Waals surface area contributed by atoms with E-state index in [0.29, 0.717) is 13.0 Å². The number of aliphatic hydroxyl groups is 1. The summed E-state index contributed by atoms with van der Waals surface area (Å²) in [4.78, 5) is 6.97. The molecule has 0 aliphatic carbocycles. The summed E-state index contributed by atoms with van der Waals surface area (Å²) in [6.45, 7) is 1.43. The number of nitrogens with zero attached hydrogens (tertiary/aromatic N) is 2. The molecule has 2 heterocycles. The fourth-order valence-corrected chi connectivity index (χ4v) is 5.03. The molecule has 1 fully saturated rings. The number of hydrogen-bond acceptors (Lipinski definition) is 3. The molecule has 33 heavy (non-hydrogen) atoms. The van der Waals surface area contributed by atoms with E-state index in [-0.39, 0.29) is 0 Å². The van der Waals surface area contributed by atoms with Gasteiger partial charge in [-0.05, 0) is 46.9 Å². The number of aliphatic hydroxyl groups excluding tert-OH is 1. The van der Waals surface area contributed by atoms with Gasteiger partial charge in [0, 0.05) is 19.3 Å². The zero-order valence-electron chi connectivity index (χ0n) is 18.6. The van der Waals surface area contributed by atoms with Crippen LogP contribution in [0.15, 0.2) is 121 Å². The summed E-state index contributed by atoms with van der Waals surface area (Å²) in [6, 6.07) is 38.0. The second kappa shape index (κ2) is 9.53. The normalized spacial score (nSPS) is 18.3. The van der Waals surface area contributed by atoms with Crippen molar-refractivity contribution in [1.29, 1.82) is 0 Å². The highest BCUT2D eigenvalue weighted by atomic mass is 16.3. The van der Waals surface area contributed by atoms with E-state index < -0.39 is 11.6 Å². The predicted molar refractivity (Wildman–Crippen MR) is 134 cm³/mol. The van der Waals surface area contributed by atoms with Crippen LogP contribution in [0.5, 0.6) is 0 Å². The van der Waals surface area contributed by atoms with Crippen LogP contribution in [0, 0.1) is 0 Å². The van der Waals surface area contributed by atoms with E-state index in [2.05, 4.69) is 101 Å². The van der Waals surface area contributed by atoms with Crippen LogP contribution in [0.4, 0.5) is 0 Å². The van der Waals surface area contributed by atoms with Gasteiger partial charge in [-0.2, -0.15) is 0 Å². The van der Waals surface area contributed by atoms with Crippen LogP contribution in [0.1, 0.15) is 28.8 Å². The Morgan fingerprint density at radius 1 is 0.727 bits per heavy atom. The Balaban J connectivity index is 1.70. The Morgan fingerprint density at radius 3 is 1.73 bits per heavy atom. The predicted octanol–water partition coefficient (Wildman–Crippen LogP) is 5.52. The van der Waals surface area contributed by atoms with Crippen molar-refractivity contribution >= 4 is 6.08 Å². The number of pyridine rings is 1. The molecule has 3 heteroatoms. The van der Waals surface area contributed by atoms with Crippen molar-refractivity contribution in [3.63, 3.8) is 0 Å². The van der Waals surface area contributed by atoms with Crippen molar-refractivity contribution in [2.75, 3.05) is 13.1 Å². The lowest BCUT2D eigenvalue weighted by Crippen LogP contribution is -2.52. The average Bonchev–Trinajstić information content (AvgIpc) is 2.89. The van der Waals surface area contributed by atoms with Gasteiger partial charge in [-0.3, -0.25) is 9.88 Å². The summed E-state index contributed by atoms with van der Waals surface area (Å²) in [7, 11) is 0. The Kier molecular flexibility index (Phi) is 6.16. The number of piperidine rings is 1. The smallest absolute Gasteiger partial charge is 0.0975 e. The minimum absolute atomic E-state index is 0.469. The van der Waals surface area contributed by atoms with Crippen molar-refractivity contribution < 1.29 is 5.11 Å². The Bertz CT molecular complexity index is 1090. The van der Waals surface area contributed by atoms with Crippen molar-refractivity contribution in [1.82, 2.24) is 9.88 Å². The standard InChI is InChI=1S/C30H28N2O/c33-29-19-21-32(23-24(29)22-28-18-10-11-20-31-28)30(25-12-4-1-5-13-25,26-14-6-2-7-15-26)27-16-8-3-9-17-27/h1-18,20,22,29,33H,19,21,23H2/b24-22-. The molecule has 0 bridgehead atoms. The molecule has 164 valence electrons. The zero-order chi connectivity index (χ0) is 22.5. The maximum atomic E-state index is 10.9. The Morgan fingerprint density at radius 2 is 1.24 bits per heavy atom. The van der Waals surface area contributed by atoms with Gasteiger partial charge in [0.05, 0.1) is 17.3 Å². The van der Waals surface area contributed by atoms with E-state index in [1.165, 1.54) is 16.7 Å². The minimum atomic E-state index is -0.479. The molecular formula is C30H28N2O. The number of likely N-dealkylation sites (tertiary alicyclic amines) is 1. The maximum Gasteiger partial charge on any atom is 0.0975 e. The van der Waals surface area contributed by atoms with E-state index in [1.54, 1.807) is 6.20 Å². The summed E-state index contributed by atoms with van der Waals surface area (Å²) < 4.78 is 0. The van der Waals surface area contributed by atoms with Crippen LogP contribution in [0.3, 0.4) is 0 Å². The lowest BCUT2D eigenvalue weighted by atomic mass is 9.74. The lowest BCUT2D eigenvalue weighted by molar-refractivity contribution is 0.0872. The monoisotopic (exact) mass is 432 g/mol. The quantitative estimate of drug-likeness (QED) is 0.422. The molecule has 3 nitrogen and oxygen atoms in total. The fraction of sp³-hybridized carbons (Fsp3) is 0.167. The van der Waals surface area contributed by atoms with Gasteiger partial charge in [-0.1, -0.05) is 97.1 Å². The number of hydrogen-bond donors (Lipinski definition) is 1. The number of rotatable bonds is 5. The topological polar surface area (TPSA) is 36.4 Å². The van der Waals surface area contributed by atoms with E-state index in [4.69, 9.17) is 0 Å². The molecule has 5 rings (SSSR count). The van der Waals surface area contributed by atoms with Crippen molar-refractivity contribution in [2.45, 2.75) is 18.1 Å². The first kappa shape index (κ1) is 21.3. The van der Waals surface area contributed by atoms with Crippen molar-refractivity contribution in [3.05, 3.63) is 143 Å². The van der Waals surface area contributed by atoms with E-state index >= 15 is 0 Å². The highest BCUT2D eigenvalue weighted by Gasteiger charge is 2.44. The number of benzene rings is 3. The van der Waals surface area contributed by atoms with Gasteiger partial charge in [0.1, 0.15) is 0 Å².